The number of hydrogen-bond acceptors (Lipinski definition) is 7. The van der Waals surface area contributed by atoms with Crippen LogP contribution in [0.15, 0.2) is 46.5 Å². The van der Waals surface area contributed by atoms with Crippen LogP contribution in [-0.2, 0) is 0 Å². The van der Waals surface area contributed by atoms with Crippen molar-refractivity contribution >= 4 is 35.1 Å². The first-order valence-corrected chi connectivity index (χ1v) is 12.1. The van der Waals surface area contributed by atoms with Gasteiger partial charge in [0.15, 0.2) is 11.0 Å². The number of anilines is 3. The maximum absolute atomic E-state index is 14.9. The molecule has 1 aliphatic carbocycles. The second-order valence-electron chi connectivity index (χ2n) is 9.04. The Kier molecular flexibility index (Phi) is 6.27. The van der Waals surface area contributed by atoms with Gasteiger partial charge in [0.2, 0.25) is 0 Å². The number of rotatable bonds is 8. The van der Waals surface area contributed by atoms with Crippen LogP contribution in [0.5, 0.6) is 0 Å². The molecule has 13 heteroatoms. The molecule has 8 nitrogen and oxygen atoms in total. The van der Waals surface area contributed by atoms with E-state index >= 15 is 0 Å². The van der Waals surface area contributed by atoms with Gasteiger partial charge in [0, 0.05) is 28.3 Å². The Labute approximate surface area is 208 Å². The minimum atomic E-state index is -4.48. The average molecular weight is 522 g/mol. The molecule has 36 heavy (non-hydrogen) atoms. The maximum atomic E-state index is 14.9. The van der Waals surface area contributed by atoms with E-state index in [1.807, 2.05) is 23.2 Å². The number of benzene rings is 1. The molecule has 0 unspecified atom stereocenters. The number of carbonyl (C=O) groups is 1. The minimum absolute atomic E-state index is 0.106. The van der Waals surface area contributed by atoms with Crippen molar-refractivity contribution in [2.45, 2.75) is 41.7 Å². The van der Waals surface area contributed by atoms with Gasteiger partial charge in [-0.2, -0.15) is 18.3 Å². The third-order valence-corrected chi connectivity index (χ3v) is 6.84. The van der Waals surface area contributed by atoms with Crippen LogP contribution in [0.3, 0.4) is 0 Å². The van der Waals surface area contributed by atoms with Gasteiger partial charge in [-0.1, -0.05) is 0 Å². The number of hydrogen-bond donors (Lipinski definition) is 3. The zero-order chi connectivity index (χ0) is 25.5. The summed E-state index contributed by atoms with van der Waals surface area (Å²) in [7, 11) is 0. The zero-order valence-corrected chi connectivity index (χ0v) is 20.0. The average Bonchev–Trinajstić information content (AvgIpc) is 3.58. The highest BCUT2D eigenvalue weighted by Gasteiger charge is 2.54. The molecule has 2 aliphatic rings. The van der Waals surface area contributed by atoms with Gasteiger partial charge in [-0.05, 0) is 61.7 Å². The molecule has 1 aromatic carbocycles. The number of aromatic amines is 1. The number of nitrogens with zero attached hydrogens (tertiary/aromatic N) is 4. The molecule has 0 radical (unpaired) electrons. The highest BCUT2D eigenvalue weighted by molar-refractivity contribution is 7.99. The van der Waals surface area contributed by atoms with Crippen LogP contribution in [0.25, 0.3) is 0 Å². The molecule has 1 amide bonds. The summed E-state index contributed by atoms with van der Waals surface area (Å²) in [6.45, 7) is 1.03. The van der Waals surface area contributed by atoms with E-state index in [9.17, 15) is 22.4 Å². The first-order valence-electron chi connectivity index (χ1n) is 11.3. The van der Waals surface area contributed by atoms with Crippen molar-refractivity contribution in [1.29, 1.82) is 0 Å². The fourth-order valence-electron chi connectivity index (χ4n) is 3.97. The second kappa shape index (κ2) is 9.26. The number of alkyl halides is 4. The van der Waals surface area contributed by atoms with Gasteiger partial charge in [-0.15, -0.1) is 0 Å². The number of carbonyl (C=O) groups excluding carboxylic acids is 1. The van der Waals surface area contributed by atoms with Crippen molar-refractivity contribution in [2.24, 2.45) is 5.92 Å². The van der Waals surface area contributed by atoms with Crippen LogP contribution in [-0.4, -0.2) is 57.6 Å². The van der Waals surface area contributed by atoms with E-state index in [2.05, 4.69) is 25.5 Å². The number of aryl methyl sites for hydroxylation is 1. The quantitative estimate of drug-likeness (QED) is 0.294. The SMILES string of the molecule is Cc1cc(Nc2cc(N3CC(F)(C4CC4)C3)nc(Sc3ccc(C(=O)NCC(F)(F)F)cc3)n2)n[nH]1. The Balaban J connectivity index is 1.32. The monoisotopic (exact) mass is 521 g/mol. The topological polar surface area (TPSA) is 98.8 Å². The molecule has 190 valence electrons. The smallest absolute Gasteiger partial charge is 0.350 e. The predicted molar refractivity (Wildman–Crippen MR) is 126 cm³/mol. The lowest BCUT2D eigenvalue weighted by atomic mass is 9.91. The molecule has 0 bridgehead atoms. The van der Waals surface area contributed by atoms with Crippen LogP contribution in [0.1, 0.15) is 28.9 Å². The van der Waals surface area contributed by atoms with Crippen LogP contribution < -0.4 is 15.5 Å². The van der Waals surface area contributed by atoms with E-state index in [4.69, 9.17) is 0 Å². The number of halogens is 4. The molecule has 3 heterocycles. The molecular formula is C23H23F4N7OS. The molecule has 1 aliphatic heterocycles. The minimum Gasteiger partial charge on any atom is -0.350 e. The number of nitrogens with one attached hydrogen (secondary N) is 3. The summed E-state index contributed by atoms with van der Waals surface area (Å²) in [5, 5.41) is 12.4. The van der Waals surface area contributed by atoms with Crippen LogP contribution in [0.4, 0.5) is 35.0 Å². The van der Waals surface area contributed by atoms with Crippen molar-refractivity contribution in [2.75, 3.05) is 29.9 Å². The molecule has 1 saturated carbocycles. The van der Waals surface area contributed by atoms with Gasteiger partial charge < -0.3 is 15.5 Å². The standard InChI is InChI=1S/C23H23F4N7OS/c1-13-8-18(33-32-13)29-17-9-19(34-11-22(24,12-34)15-4-5-15)31-21(30-17)36-16-6-2-14(3-7-16)20(35)28-10-23(25,26)27/h2-3,6-9,15H,4-5,10-12H2,1H3,(H,28,35)(H2,29,30,31,32,33). The second-order valence-corrected chi connectivity index (χ2v) is 10.1. The van der Waals surface area contributed by atoms with Crippen molar-refractivity contribution in [3.63, 3.8) is 0 Å². The summed E-state index contributed by atoms with van der Waals surface area (Å²) >= 11 is 1.22. The first kappa shape index (κ1) is 24.3. The largest absolute Gasteiger partial charge is 0.405 e. The Bertz CT molecular complexity index is 1250. The van der Waals surface area contributed by atoms with Gasteiger partial charge in [-0.25, -0.2) is 14.4 Å². The fraction of sp³-hybridized carbons (Fsp3) is 0.391. The number of amides is 1. The Hall–Kier alpha value is -3.35. The molecule has 0 atom stereocenters. The molecule has 2 aromatic heterocycles. The van der Waals surface area contributed by atoms with E-state index in [0.717, 1.165) is 18.5 Å². The van der Waals surface area contributed by atoms with E-state index in [1.165, 1.54) is 23.9 Å². The van der Waals surface area contributed by atoms with E-state index < -0.39 is 24.3 Å². The maximum Gasteiger partial charge on any atom is 0.405 e. The highest BCUT2D eigenvalue weighted by atomic mass is 32.2. The molecule has 0 spiro atoms. The molecule has 3 aromatic rings. The zero-order valence-electron chi connectivity index (χ0n) is 19.2. The van der Waals surface area contributed by atoms with Crippen molar-refractivity contribution < 1.29 is 22.4 Å². The lowest BCUT2D eigenvalue weighted by Crippen LogP contribution is -2.60. The van der Waals surface area contributed by atoms with E-state index in [1.54, 1.807) is 18.2 Å². The molecule has 2 fully saturated rings. The van der Waals surface area contributed by atoms with E-state index in [0.29, 0.717) is 27.5 Å². The number of aromatic nitrogens is 4. The Morgan fingerprint density at radius 3 is 2.50 bits per heavy atom. The highest BCUT2D eigenvalue weighted by Crippen LogP contribution is 2.48. The lowest BCUT2D eigenvalue weighted by Gasteiger charge is -2.45. The van der Waals surface area contributed by atoms with Gasteiger partial charge in [0.1, 0.15) is 23.8 Å². The van der Waals surface area contributed by atoms with Crippen LogP contribution in [0.2, 0.25) is 0 Å². The summed E-state index contributed by atoms with van der Waals surface area (Å²) in [6, 6.07) is 9.65. The van der Waals surface area contributed by atoms with Crippen molar-refractivity contribution in [3.8, 4) is 0 Å². The summed E-state index contributed by atoms with van der Waals surface area (Å²) in [6.07, 6.45) is -2.64. The molecule has 5 rings (SSSR count). The molecule has 1 saturated heterocycles. The Morgan fingerprint density at radius 2 is 1.89 bits per heavy atom. The third-order valence-electron chi connectivity index (χ3n) is 5.97. The molecular weight excluding hydrogens is 498 g/mol. The molecule has 3 N–H and O–H groups in total. The van der Waals surface area contributed by atoms with Crippen LogP contribution >= 0.6 is 11.8 Å². The van der Waals surface area contributed by atoms with Gasteiger partial charge >= 0.3 is 6.18 Å². The van der Waals surface area contributed by atoms with Gasteiger partial charge in [0.05, 0.1) is 13.1 Å². The third kappa shape index (κ3) is 5.72. The summed E-state index contributed by atoms with van der Waals surface area (Å²) in [4.78, 5) is 23.6. The van der Waals surface area contributed by atoms with E-state index in [-0.39, 0.29) is 24.6 Å². The van der Waals surface area contributed by atoms with Crippen molar-refractivity contribution in [1.82, 2.24) is 25.5 Å². The van der Waals surface area contributed by atoms with Gasteiger partial charge in [0.25, 0.3) is 5.91 Å². The predicted octanol–water partition coefficient (Wildman–Crippen LogP) is 4.63. The summed E-state index contributed by atoms with van der Waals surface area (Å²) in [5.41, 5.74) is -0.196. The van der Waals surface area contributed by atoms with Crippen LogP contribution in [0, 0.1) is 12.8 Å². The summed E-state index contributed by atoms with van der Waals surface area (Å²) in [5.74, 6) is 0.954. The van der Waals surface area contributed by atoms with Crippen molar-refractivity contribution in [3.05, 3.63) is 47.7 Å². The normalized spacial score (nSPS) is 17.0. The lowest BCUT2D eigenvalue weighted by molar-refractivity contribution is -0.123. The first-order chi connectivity index (χ1) is 17.1. The van der Waals surface area contributed by atoms with Gasteiger partial charge in [-0.3, -0.25) is 9.89 Å². The Morgan fingerprint density at radius 1 is 1.17 bits per heavy atom. The fourth-order valence-corrected chi connectivity index (χ4v) is 4.74. The summed E-state index contributed by atoms with van der Waals surface area (Å²) < 4.78 is 52.0. The number of H-pyrrole nitrogens is 1.